The summed E-state index contributed by atoms with van der Waals surface area (Å²) in [6.07, 6.45) is 0.589. The fourth-order valence-corrected chi connectivity index (χ4v) is 2.82. The van der Waals surface area contributed by atoms with E-state index in [1.807, 2.05) is 40.1 Å². The average molecular weight is 273 g/mol. The van der Waals surface area contributed by atoms with Crippen LogP contribution in [0.3, 0.4) is 0 Å². The van der Waals surface area contributed by atoms with Crippen LogP contribution in [0.25, 0.3) is 16.3 Å². The van der Waals surface area contributed by atoms with Gasteiger partial charge in [-0.2, -0.15) is 0 Å². The van der Waals surface area contributed by atoms with Crippen LogP contribution in [0, 0.1) is 0 Å². The molecule has 3 rings (SSSR count). The van der Waals surface area contributed by atoms with Crippen molar-refractivity contribution in [1.29, 1.82) is 0 Å². The van der Waals surface area contributed by atoms with E-state index < -0.39 is 5.97 Å². The number of hydrogen-bond donors (Lipinski definition) is 1. The summed E-state index contributed by atoms with van der Waals surface area (Å²) in [5.41, 5.74) is 1.91. The van der Waals surface area contributed by atoms with Gasteiger partial charge in [-0.05, 0) is 6.42 Å². The first-order chi connectivity index (χ1) is 9.25. The molecule has 1 N–H and O–H groups in total. The monoisotopic (exact) mass is 273 g/mol. The number of hydrogen-bond acceptors (Lipinski definition) is 4. The molecule has 0 saturated heterocycles. The molecule has 0 aliphatic rings. The van der Waals surface area contributed by atoms with Crippen LogP contribution < -0.4 is 0 Å². The number of rotatable bonds is 4. The van der Waals surface area contributed by atoms with E-state index >= 15 is 0 Å². The predicted octanol–water partition coefficient (Wildman–Crippen LogP) is 2.48. The second-order valence-electron chi connectivity index (χ2n) is 4.13. The molecule has 0 radical (unpaired) electrons. The third-order valence-corrected chi connectivity index (χ3v) is 3.71. The lowest BCUT2D eigenvalue weighted by Gasteiger charge is -2.01. The molecular formula is C13H11N3O2S. The molecule has 6 heteroatoms. The minimum atomic E-state index is -0.798. The number of aryl methyl sites for hydroxylation is 1. The van der Waals surface area contributed by atoms with Gasteiger partial charge in [-0.1, -0.05) is 30.3 Å². The Morgan fingerprint density at radius 1 is 1.26 bits per heavy atom. The topological polar surface area (TPSA) is 67.5 Å². The molecular weight excluding hydrogens is 262 g/mol. The summed E-state index contributed by atoms with van der Waals surface area (Å²) in [6.45, 7) is 0. The third kappa shape index (κ3) is 2.22. The fraction of sp³-hybridized carbons (Fsp3) is 0.154. The molecule has 0 bridgehead atoms. The average Bonchev–Trinajstić information content (AvgIpc) is 2.99. The Balaban J connectivity index is 2.06. The van der Waals surface area contributed by atoms with E-state index in [4.69, 9.17) is 5.11 Å². The molecule has 19 heavy (non-hydrogen) atoms. The number of aliphatic carboxylic acids is 1. The zero-order valence-corrected chi connectivity index (χ0v) is 10.8. The van der Waals surface area contributed by atoms with Crippen LogP contribution in [-0.2, 0) is 11.2 Å². The van der Waals surface area contributed by atoms with Crippen LogP contribution in [0.15, 0.2) is 35.7 Å². The van der Waals surface area contributed by atoms with Gasteiger partial charge in [-0.25, -0.2) is 0 Å². The highest BCUT2D eigenvalue weighted by Crippen LogP contribution is 2.24. The van der Waals surface area contributed by atoms with Crippen LogP contribution in [0.5, 0.6) is 0 Å². The number of thiazole rings is 1. The molecule has 0 amide bonds. The highest BCUT2D eigenvalue weighted by molar-refractivity contribution is 7.15. The standard InChI is InChI=1S/C13H11N3O2S/c17-11(18)7-6-10-8-19-13-15-14-12(16(10)13)9-4-2-1-3-5-9/h1-5,8H,6-7H2,(H,17,18). The highest BCUT2D eigenvalue weighted by Gasteiger charge is 2.13. The highest BCUT2D eigenvalue weighted by atomic mass is 32.1. The van der Waals surface area contributed by atoms with Crippen molar-refractivity contribution in [2.45, 2.75) is 12.8 Å². The van der Waals surface area contributed by atoms with Crippen LogP contribution in [-0.4, -0.2) is 25.7 Å². The summed E-state index contributed by atoms with van der Waals surface area (Å²) >= 11 is 1.48. The van der Waals surface area contributed by atoms with Crippen molar-refractivity contribution in [1.82, 2.24) is 14.6 Å². The molecule has 0 saturated carbocycles. The molecule has 96 valence electrons. The SMILES string of the molecule is O=C(O)CCc1csc2nnc(-c3ccccc3)n12. The Bertz CT molecular complexity index is 718. The van der Waals surface area contributed by atoms with E-state index in [2.05, 4.69) is 10.2 Å². The Kier molecular flexibility index (Phi) is 3.00. The number of carboxylic acids is 1. The van der Waals surface area contributed by atoms with Gasteiger partial charge in [0.15, 0.2) is 5.82 Å². The fourth-order valence-electron chi connectivity index (χ4n) is 1.96. The summed E-state index contributed by atoms with van der Waals surface area (Å²) in [7, 11) is 0. The van der Waals surface area contributed by atoms with E-state index in [9.17, 15) is 4.79 Å². The zero-order valence-electron chi connectivity index (χ0n) is 9.98. The van der Waals surface area contributed by atoms with Crippen molar-refractivity contribution in [2.24, 2.45) is 0 Å². The van der Waals surface area contributed by atoms with Crippen LogP contribution in [0.2, 0.25) is 0 Å². The molecule has 1 aromatic carbocycles. The van der Waals surface area contributed by atoms with E-state index in [1.54, 1.807) is 0 Å². The number of nitrogens with zero attached hydrogens (tertiary/aromatic N) is 3. The van der Waals surface area contributed by atoms with Gasteiger partial charge in [0.1, 0.15) is 0 Å². The second kappa shape index (κ2) is 4.81. The van der Waals surface area contributed by atoms with Crippen molar-refractivity contribution < 1.29 is 9.90 Å². The van der Waals surface area contributed by atoms with Gasteiger partial charge in [-0.3, -0.25) is 9.20 Å². The van der Waals surface area contributed by atoms with Gasteiger partial charge >= 0.3 is 5.97 Å². The number of aromatic nitrogens is 3. The lowest BCUT2D eigenvalue weighted by atomic mass is 10.2. The summed E-state index contributed by atoms with van der Waals surface area (Å²) in [4.78, 5) is 11.5. The number of fused-ring (bicyclic) bond motifs is 1. The van der Waals surface area contributed by atoms with E-state index in [0.717, 1.165) is 22.0 Å². The smallest absolute Gasteiger partial charge is 0.303 e. The molecule has 5 nitrogen and oxygen atoms in total. The van der Waals surface area contributed by atoms with E-state index in [0.29, 0.717) is 6.42 Å². The van der Waals surface area contributed by atoms with Gasteiger partial charge in [0.25, 0.3) is 0 Å². The van der Waals surface area contributed by atoms with Crippen molar-refractivity contribution in [3.63, 3.8) is 0 Å². The van der Waals surface area contributed by atoms with Crippen molar-refractivity contribution in [3.8, 4) is 11.4 Å². The Hall–Kier alpha value is -2.21. The molecule has 3 aromatic rings. The molecule has 2 aromatic heterocycles. The quantitative estimate of drug-likeness (QED) is 0.793. The van der Waals surface area contributed by atoms with Gasteiger partial charge < -0.3 is 5.11 Å². The van der Waals surface area contributed by atoms with Crippen molar-refractivity contribution in [2.75, 3.05) is 0 Å². The second-order valence-corrected chi connectivity index (χ2v) is 4.96. The minimum Gasteiger partial charge on any atom is -0.481 e. The Morgan fingerprint density at radius 2 is 2.05 bits per heavy atom. The van der Waals surface area contributed by atoms with E-state index in [-0.39, 0.29) is 6.42 Å². The van der Waals surface area contributed by atoms with Gasteiger partial charge in [0.05, 0.1) is 6.42 Å². The molecule has 0 spiro atoms. The summed E-state index contributed by atoms with van der Waals surface area (Å²) in [5, 5.41) is 19.0. The number of benzene rings is 1. The Morgan fingerprint density at radius 3 is 2.79 bits per heavy atom. The first kappa shape index (κ1) is 11.9. The van der Waals surface area contributed by atoms with E-state index in [1.165, 1.54) is 11.3 Å². The molecule has 0 aliphatic carbocycles. The molecule has 2 heterocycles. The predicted molar refractivity (Wildman–Crippen MR) is 72.3 cm³/mol. The van der Waals surface area contributed by atoms with Crippen molar-refractivity contribution >= 4 is 22.3 Å². The maximum atomic E-state index is 10.7. The molecule has 0 aliphatic heterocycles. The Labute approximate surface area is 113 Å². The van der Waals surface area contributed by atoms with Gasteiger partial charge in [-0.15, -0.1) is 21.5 Å². The third-order valence-electron chi connectivity index (χ3n) is 2.85. The largest absolute Gasteiger partial charge is 0.481 e. The first-order valence-corrected chi connectivity index (χ1v) is 6.72. The minimum absolute atomic E-state index is 0.109. The normalized spacial score (nSPS) is 10.9. The summed E-state index contributed by atoms with van der Waals surface area (Å²) < 4.78 is 1.93. The number of carbonyl (C=O) groups is 1. The molecule has 0 unspecified atom stereocenters. The zero-order chi connectivity index (χ0) is 13.2. The van der Waals surface area contributed by atoms with Crippen molar-refractivity contribution in [3.05, 3.63) is 41.4 Å². The lowest BCUT2D eigenvalue weighted by Crippen LogP contribution is -2.00. The number of carboxylic acid groups (broad SMARTS) is 1. The van der Waals surface area contributed by atoms with Gasteiger partial charge in [0, 0.05) is 16.6 Å². The maximum Gasteiger partial charge on any atom is 0.303 e. The summed E-state index contributed by atoms with van der Waals surface area (Å²) in [6, 6.07) is 9.77. The first-order valence-electron chi connectivity index (χ1n) is 5.84. The van der Waals surface area contributed by atoms with Crippen LogP contribution >= 0.6 is 11.3 Å². The van der Waals surface area contributed by atoms with Crippen LogP contribution in [0.1, 0.15) is 12.1 Å². The van der Waals surface area contributed by atoms with Gasteiger partial charge in [0.2, 0.25) is 4.96 Å². The molecule has 0 fully saturated rings. The summed E-state index contributed by atoms with van der Waals surface area (Å²) in [5.74, 6) is -0.0362. The van der Waals surface area contributed by atoms with Crippen LogP contribution in [0.4, 0.5) is 0 Å². The lowest BCUT2D eigenvalue weighted by molar-refractivity contribution is -0.136. The maximum absolute atomic E-state index is 10.7. The molecule has 0 atom stereocenters.